The van der Waals surface area contributed by atoms with Crippen molar-refractivity contribution in [3.63, 3.8) is 0 Å². The highest BCUT2D eigenvalue weighted by molar-refractivity contribution is 6.42. The molecule has 0 saturated carbocycles. The first-order chi connectivity index (χ1) is 4.22. The molecule has 0 spiro atoms. The van der Waals surface area contributed by atoms with Crippen LogP contribution in [0.25, 0.3) is 0 Å². The molecular formula is C3H10NO4Si. The standard InChI is InChI=1S/C3H9O2Si.HNO2/c1-4-6(3)5-2;2-1-3/h1-3H3;(H,2,3). The van der Waals surface area contributed by atoms with Crippen LogP contribution in [0.4, 0.5) is 0 Å². The predicted octanol–water partition coefficient (Wildman–Crippen LogP) is 0.539. The highest BCUT2D eigenvalue weighted by Gasteiger charge is 1.97. The third-order valence-electron chi connectivity index (χ3n) is 0.575. The Morgan fingerprint density at radius 3 is 1.67 bits per heavy atom. The van der Waals surface area contributed by atoms with Crippen molar-refractivity contribution in [2.45, 2.75) is 6.55 Å². The van der Waals surface area contributed by atoms with E-state index in [9.17, 15) is 0 Å². The van der Waals surface area contributed by atoms with Crippen LogP contribution in [0, 0.1) is 4.91 Å². The molecule has 1 radical (unpaired) electrons. The zero-order valence-corrected chi connectivity index (χ0v) is 6.62. The molecule has 0 aromatic heterocycles. The molecule has 1 N–H and O–H groups in total. The Bertz CT molecular complexity index is 57.8. The molecule has 0 bridgehead atoms. The van der Waals surface area contributed by atoms with E-state index in [1.54, 1.807) is 14.2 Å². The second-order valence-corrected chi connectivity index (χ2v) is 2.78. The third kappa shape index (κ3) is 18.5. The molecule has 0 saturated heterocycles. The Morgan fingerprint density at radius 1 is 1.44 bits per heavy atom. The number of hydrogen-bond donors (Lipinski definition) is 1. The highest BCUT2D eigenvalue weighted by atomic mass is 28.3. The van der Waals surface area contributed by atoms with Gasteiger partial charge in [-0.3, -0.25) is 0 Å². The Labute approximate surface area is 55.4 Å². The molecule has 55 valence electrons. The smallest absolute Gasteiger partial charge is 0.380 e. The van der Waals surface area contributed by atoms with E-state index in [1.807, 2.05) is 6.55 Å². The Balaban J connectivity index is 0. The molecule has 0 fully saturated rings. The molecule has 0 aliphatic rings. The highest BCUT2D eigenvalue weighted by Crippen LogP contribution is 1.77. The van der Waals surface area contributed by atoms with Crippen molar-refractivity contribution < 1.29 is 14.1 Å². The van der Waals surface area contributed by atoms with E-state index in [-0.39, 0.29) is 0 Å². The molecule has 6 heteroatoms. The minimum atomic E-state index is -0.868. The van der Waals surface area contributed by atoms with Crippen LogP contribution in [0.5, 0.6) is 0 Å². The van der Waals surface area contributed by atoms with Crippen LogP contribution in [0.2, 0.25) is 6.55 Å². The fraction of sp³-hybridized carbons (Fsp3) is 1.00. The minimum Gasteiger partial charge on any atom is -0.397 e. The maximum atomic E-state index is 8.11. The number of nitrogens with zero attached hydrogens (tertiary/aromatic N) is 1. The molecule has 9 heavy (non-hydrogen) atoms. The van der Waals surface area contributed by atoms with Gasteiger partial charge in [0.1, 0.15) is 0 Å². The lowest BCUT2D eigenvalue weighted by Gasteiger charge is -1.98. The monoisotopic (exact) mass is 152 g/mol. The van der Waals surface area contributed by atoms with Gasteiger partial charge in [-0.25, -0.2) is 0 Å². The van der Waals surface area contributed by atoms with Crippen LogP contribution in [-0.4, -0.2) is 28.7 Å². The quantitative estimate of drug-likeness (QED) is 0.356. The summed E-state index contributed by atoms with van der Waals surface area (Å²) in [4.78, 5) is 8.11. The molecule has 0 rings (SSSR count). The summed E-state index contributed by atoms with van der Waals surface area (Å²) < 4.78 is 9.56. The van der Waals surface area contributed by atoms with Crippen LogP contribution in [0.3, 0.4) is 0 Å². The lowest BCUT2D eigenvalue weighted by Crippen LogP contribution is -2.12. The van der Waals surface area contributed by atoms with E-state index in [1.165, 1.54) is 5.34 Å². The molecular weight excluding hydrogens is 142 g/mol. The van der Waals surface area contributed by atoms with Crippen molar-refractivity contribution in [3.8, 4) is 0 Å². The van der Waals surface area contributed by atoms with Crippen molar-refractivity contribution in [3.05, 3.63) is 4.91 Å². The van der Waals surface area contributed by atoms with E-state index in [4.69, 9.17) is 19.0 Å². The first-order valence-corrected chi connectivity index (χ1v) is 3.92. The molecule has 0 aromatic rings. The van der Waals surface area contributed by atoms with E-state index in [0.29, 0.717) is 0 Å². The summed E-state index contributed by atoms with van der Waals surface area (Å²) in [7, 11) is 2.43. The van der Waals surface area contributed by atoms with Gasteiger partial charge in [0, 0.05) is 14.2 Å². The van der Waals surface area contributed by atoms with Crippen molar-refractivity contribution in [2.75, 3.05) is 14.2 Å². The zero-order chi connectivity index (χ0) is 7.70. The molecule has 0 atom stereocenters. The van der Waals surface area contributed by atoms with Gasteiger partial charge in [0.2, 0.25) is 0 Å². The summed E-state index contributed by atoms with van der Waals surface area (Å²) in [5.74, 6) is 0. The first-order valence-electron chi connectivity index (χ1n) is 2.11. The maximum absolute atomic E-state index is 8.11. The van der Waals surface area contributed by atoms with Crippen molar-refractivity contribution in [2.24, 2.45) is 5.34 Å². The van der Waals surface area contributed by atoms with Crippen LogP contribution >= 0.6 is 0 Å². The topological polar surface area (TPSA) is 68.1 Å². The van der Waals surface area contributed by atoms with Gasteiger partial charge in [0.25, 0.3) is 0 Å². The second kappa shape index (κ2) is 10.5. The fourth-order valence-corrected chi connectivity index (χ4v) is 0.250. The van der Waals surface area contributed by atoms with Crippen LogP contribution in [0.1, 0.15) is 0 Å². The van der Waals surface area contributed by atoms with Gasteiger partial charge in [-0.2, -0.15) is 0 Å². The largest absolute Gasteiger partial charge is 0.397 e. The summed E-state index contributed by atoms with van der Waals surface area (Å²) in [5.41, 5.74) is 0. The molecule has 0 unspecified atom stereocenters. The van der Waals surface area contributed by atoms with E-state index in [0.717, 1.165) is 0 Å². The normalized spacial score (nSPS) is 8.00. The average Bonchev–Trinajstić information content (AvgIpc) is 1.88. The zero-order valence-electron chi connectivity index (χ0n) is 5.62. The predicted molar refractivity (Wildman–Crippen MR) is 33.2 cm³/mol. The van der Waals surface area contributed by atoms with Crippen LogP contribution in [-0.2, 0) is 8.85 Å². The molecule has 5 nitrogen and oxygen atoms in total. The molecule has 0 amide bonds. The van der Waals surface area contributed by atoms with Gasteiger partial charge in [-0.05, 0) is 6.55 Å². The Hall–Kier alpha value is -0.463. The molecule has 0 aliphatic carbocycles. The third-order valence-corrected chi connectivity index (χ3v) is 1.72. The van der Waals surface area contributed by atoms with Gasteiger partial charge >= 0.3 is 9.28 Å². The fourth-order valence-electron chi connectivity index (χ4n) is 0.0833. The van der Waals surface area contributed by atoms with E-state index in [2.05, 4.69) is 0 Å². The Morgan fingerprint density at radius 2 is 1.67 bits per heavy atom. The minimum absolute atomic E-state index is 0.868. The number of rotatable bonds is 2. The van der Waals surface area contributed by atoms with Crippen LogP contribution in [0.15, 0.2) is 5.34 Å². The summed E-state index contributed by atoms with van der Waals surface area (Å²) in [6.45, 7) is 1.94. The average molecular weight is 152 g/mol. The first kappa shape index (κ1) is 11.3. The molecule has 0 heterocycles. The lowest BCUT2D eigenvalue weighted by molar-refractivity contribution is 0.285. The number of hydrogen-bond acceptors (Lipinski definition) is 4. The van der Waals surface area contributed by atoms with Gasteiger partial charge in [0.05, 0.1) is 0 Å². The van der Waals surface area contributed by atoms with Gasteiger partial charge in [0.15, 0.2) is 5.34 Å². The second-order valence-electron chi connectivity index (χ2n) is 0.981. The van der Waals surface area contributed by atoms with Gasteiger partial charge in [-0.15, -0.1) is 4.91 Å². The van der Waals surface area contributed by atoms with Crippen molar-refractivity contribution >= 4 is 9.28 Å². The van der Waals surface area contributed by atoms with Crippen LogP contribution < -0.4 is 0 Å². The van der Waals surface area contributed by atoms with Gasteiger partial charge < -0.3 is 14.1 Å². The Kier molecular flexibility index (Phi) is 13.2. The summed E-state index contributed by atoms with van der Waals surface area (Å²) in [5, 5.41) is 7.89. The summed E-state index contributed by atoms with van der Waals surface area (Å²) >= 11 is 0. The van der Waals surface area contributed by atoms with E-state index >= 15 is 0 Å². The van der Waals surface area contributed by atoms with Crippen molar-refractivity contribution in [1.29, 1.82) is 0 Å². The summed E-state index contributed by atoms with van der Waals surface area (Å²) in [6.07, 6.45) is 0. The molecule has 0 aliphatic heterocycles. The SMILES string of the molecule is CO[Si](C)OC.O=NO. The molecule has 0 aromatic carbocycles. The van der Waals surface area contributed by atoms with E-state index < -0.39 is 9.28 Å². The van der Waals surface area contributed by atoms with Crippen molar-refractivity contribution in [1.82, 2.24) is 0 Å². The summed E-state index contributed by atoms with van der Waals surface area (Å²) in [6, 6.07) is 0. The van der Waals surface area contributed by atoms with Gasteiger partial charge in [-0.1, -0.05) is 0 Å². The maximum Gasteiger partial charge on any atom is 0.380 e. The lowest BCUT2D eigenvalue weighted by atomic mass is 11.8.